The van der Waals surface area contributed by atoms with Crippen LogP contribution >= 0.6 is 0 Å². The van der Waals surface area contributed by atoms with Crippen molar-refractivity contribution in [2.45, 2.75) is 38.8 Å². The van der Waals surface area contributed by atoms with Crippen molar-refractivity contribution in [1.82, 2.24) is 14.5 Å². The molecule has 2 fully saturated rings. The monoisotopic (exact) mass is 291 g/mol. The van der Waals surface area contributed by atoms with Crippen LogP contribution in [0.3, 0.4) is 0 Å². The zero-order valence-electron chi connectivity index (χ0n) is 12.7. The first-order valence-electron chi connectivity index (χ1n) is 7.34. The van der Waals surface area contributed by atoms with Crippen molar-refractivity contribution < 1.29 is 14.3 Å². The summed E-state index contributed by atoms with van der Waals surface area (Å²) in [5.74, 6) is 0.381. The average molecular weight is 291 g/mol. The Morgan fingerprint density at radius 3 is 2.71 bits per heavy atom. The van der Waals surface area contributed by atoms with Crippen molar-refractivity contribution in [3.8, 4) is 0 Å². The van der Waals surface area contributed by atoms with Crippen LogP contribution in [0.1, 0.15) is 33.2 Å². The zero-order chi connectivity index (χ0) is 15.2. The summed E-state index contributed by atoms with van der Waals surface area (Å²) >= 11 is 0. The highest BCUT2D eigenvalue weighted by Crippen LogP contribution is 2.41. The molecule has 0 spiro atoms. The molecule has 1 aliphatic heterocycles. The standard InChI is InChI=1S/C15H21N3O3/c1-15(2,3)21-14(20)18-7-10-6-12(13(19)11(10)8-18)17-5-4-16-9-17/h4-5,9-12H,6-8H2,1-3H3/t10-,11+,12?/m1/s1. The third kappa shape index (κ3) is 2.66. The summed E-state index contributed by atoms with van der Waals surface area (Å²) in [6.45, 7) is 6.63. The van der Waals surface area contributed by atoms with Crippen molar-refractivity contribution in [3.63, 3.8) is 0 Å². The first-order chi connectivity index (χ1) is 9.85. The van der Waals surface area contributed by atoms with Crippen molar-refractivity contribution in [2.75, 3.05) is 13.1 Å². The Hall–Kier alpha value is -1.85. The summed E-state index contributed by atoms with van der Waals surface area (Å²) in [7, 11) is 0. The van der Waals surface area contributed by atoms with E-state index >= 15 is 0 Å². The molecule has 1 aliphatic carbocycles. The van der Waals surface area contributed by atoms with E-state index in [1.165, 1.54) is 0 Å². The van der Waals surface area contributed by atoms with Crippen LogP contribution in [0.15, 0.2) is 18.7 Å². The van der Waals surface area contributed by atoms with Gasteiger partial charge in [0.2, 0.25) is 0 Å². The molecule has 3 atom stereocenters. The average Bonchev–Trinajstić information content (AvgIpc) is 3.05. The van der Waals surface area contributed by atoms with E-state index in [-0.39, 0.29) is 29.8 Å². The van der Waals surface area contributed by atoms with Gasteiger partial charge in [0.25, 0.3) is 0 Å². The number of ketones is 1. The number of rotatable bonds is 1. The smallest absolute Gasteiger partial charge is 0.410 e. The fourth-order valence-corrected chi connectivity index (χ4v) is 3.28. The minimum Gasteiger partial charge on any atom is -0.444 e. The summed E-state index contributed by atoms with van der Waals surface area (Å²) in [6, 6.07) is -0.122. The van der Waals surface area contributed by atoms with E-state index in [9.17, 15) is 9.59 Å². The van der Waals surface area contributed by atoms with Crippen LogP contribution in [-0.2, 0) is 9.53 Å². The minimum absolute atomic E-state index is 0.0649. The van der Waals surface area contributed by atoms with Gasteiger partial charge in [-0.2, -0.15) is 0 Å². The number of aromatic nitrogens is 2. The van der Waals surface area contributed by atoms with Crippen molar-refractivity contribution >= 4 is 11.9 Å². The van der Waals surface area contributed by atoms with E-state index in [4.69, 9.17) is 4.74 Å². The van der Waals surface area contributed by atoms with E-state index < -0.39 is 5.60 Å². The number of amides is 1. The molecule has 3 rings (SSSR count). The van der Waals surface area contributed by atoms with E-state index in [1.807, 2.05) is 31.5 Å². The Bertz CT molecular complexity index is 547. The lowest BCUT2D eigenvalue weighted by molar-refractivity contribution is -0.123. The SMILES string of the molecule is CC(C)(C)OC(=O)N1C[C@H]2CC(n3ccnc3)C(=O)[C@H]2C1. The maximum atomic E-state index is 12.5. The zero-order valence-corrected chi connectivity index (χ0v) is 12.7. The van der Waals surface area contributed by atoms with E-state index in [0.717, 1.165) is 6.42 Å². The summed E-state index contributed by atoms with van der Waals surface area (Å²) in [5, 5.41) is 0. The van der Waals surface area contributed by atoms with Crippen LogP contribution < -0.4 is 0 Å². The van der Waals surface area contributed by atoms with Crippen LogP contribution in [0.5, 0.6) is 0 Å². The lowest BCUT2D eigenvalue weighted by Crippen LogP contribution is -2.36. The lowest BCUT2D eigenvalue weighted by Gasteiger charge is -2.25. The molecule has 0 radical (unpaired) electrons. The second kappa shape index (κ2) is 4.86. The third-order valence-electron chi connectivity index (χ3n) is 4.20. The maximum absolute atomic E-state index is 12.5. The first-order valence-corrected chi connectivity index (χ1v) is 7.34. The van der Waals surface area contributed by atoms with E-state index in [0.29, 0.717) is 13.1 Å². The molecule has 6 heteroatoms. The quantitative estimate of drug-likeness (QED) is 0.792. The van der Waals surface area contributed by atoms with Gasteiger partial charge >= 0.3 is 6.09 Å². The van der Waals surface area contributed by atoms with Crippen molar-refractivity contribution in [3.05, 3.63) is 18.7 Å². The van der Waals surface area contributed by atoms with Crippen molar-refractivity contribution in [1.29, 1.82) is 0 Å². The molecule has 1 aromatic heterocycles. The molecule has 0 N–H and O–H groups in total. The Balaban J connectivity index is 1.65. The van der Waals surface area contributed by atoms with E-state index in [1.54, 1.807) is 17.4 Å². The summed E-state index contributed by atoms with van der Waals surface area (Å²) in [5.41, 5.74) is -0.502. The second-order valence-corrected chi connectivity index (χ2v) is 6.92. The number of nitrogens with zero attached hydrogens (tertiary/aromatic N) is 3. The Morgan fingerprint density at radius 1 is 1.38 bits per heavy atom. The molecule has 2 heterocycles. The van der Waals surface area contributed by atoms with Gasteiger partial charge in [-0.25, -0.2) is 9.78 Å². The minimum atomic E-state index is -0.502. The highest BCUT2D eigenvalue weighted by molar-refractivity contribution is 5.88. The molecule has 6 nitrogen and oxygen atoms in total. The highest BCUT2D eigenvalue weighted by atomic mass is 16.6. The Kier molecular flexibility index (Phi) is 3.26. The van der Waals surface area contributed by atoms with Crippen LogP contribution in [0.2, 0.25) is 0 Å². The number of likely N-dealkylation sites (tertiary alicyclic amines) is 1. The fourth-order valence-electron chi connectivity index (χ4n) is 3.28. The molecular formula is C15H21N3O3. The summed E-state index contributed by atoms with van der Waals surface area (Å²) in [6.07, 6.45) is 5.67. The molecule has 1 saturated carbocycles. The fraction of sp³-hybridized carbons (Fsp3) is 0.667. The van der Waals surface area contributed by atoms with Crippen molar-refractivity contribution in [2.24, 2.45) is 11.8 Å². The van der Waals surface area contributed by atoms with Crippen LogP contribution in [0, 0.1) is 11.8 Å². The van der Waals surface area contributed by atoms with Gasteiger partial charge < -0.3 is 14.2 Å². The lowest BCUT2D eigenvalue weighted by atomic mass is 10.0. The van der Waals surface area contributed by atoms with E-state index in [2.05, 4.69) is 4.98 Å². The van der Waals surface area contributed by atoms with Gasteiger partial charge in [0.1, 0.15) is 5.60 Å². The molecule has 0 aromatic carbocycles. The molecule has 0 bridgehead atoms. The van der Waals surface area contributed by atoms with Gasteiger partial charge in [-0.3, -0.25) is 4.79 Å². The number of Topliss-reactive ketones (excluding diaryl/α,β-unsaturated/α-hetero) is 1. The Morgan fingerprint density at radius 2 is 2.14 bits per heavy atom. The number of carbonyl (C=O) groups excluding carboxylic acids is 2. The predicted octanol–water partition coefficient (Wildman–Crippen LogP) is 1.88. The number of imidazole rings is 1. The largest absolute Gasteiger partial charge is 0.444 e. The predicted molar refractivity (Wildman–Crippen MR) is 75.7 cm³/mol. The molecule has 21 heavy (non-hydrogen) atoms. The molecule has 1 amide bonds. The molecule has 1 unspecified atom stereocenters. The maximum Gasteiger partial charge on any atom is 0.410 e. The van der Waals surface area contributed by atoms with Gasteiger partial charge in [-0.1, -0.05) is 0 Å². The second-order valence-electron chi connectivity index (χ2n) is 6.92. The summed E-state index contributed by atoms with van der Waals surface area (Å²) in [4.78, 5) is 30.3. The summed E-state index contributed by atoms with van der Waals surface area (Å²) < 4.78 is 7.26. The molecule has 114 valence electrons. The molecule has 1 aromatic rings. The van der Waals surface area contributed by atoms with Gasteiger partial charge in [0.15, 0.2) is 5.78 Å². The topological polar surface area (TPSA) is 64.4 Å². The number of fused-ring (bicyclic) bond motifs is 1. The van der Waals surface area contributed by atoms with Gasteiger partial charge in [-0.05, 0) is 33.1 Å². The highest BCUT2D eigenvalue weighted by Gasteiger charge is 2.49. The third-order valence-corrected chi connectivity index (χ3v) is 4.20. The normalized spacial score (nSPS) is 28.8. The number of ether oxygens (including phenoxy) is 1. The van der Waals surface area contributed by atoms with Crippen LogP contribution in [-0.4, -0.2) is 45.0 Å². The molecular weight excluding hydrogens is 270 g/mol. The van der Waals surface area contributed by atoms with Crippen LogP contribution in [0.4, 0.5) is 4.79 Å². The molecule has 1 saturated heterocycles. The first kappa shape index (κ1) is 14.1. The number of hydrogen-bond acceptors (Lipinski definition) is 4. The molecule has 2 aliphatic rings. The number of hydrogen-bond donors (Lipinski definition) is 0. The van der Waals surface area contributed by atoms with Gasteiger partial charge in [0.05, 0.1) is 12.4 Å². The Labute approximate surface area is 124 Å². The number of carbonyl (C=O) groups is 2. The van der Waals surface area contributed by atoms with Gasteiger partial charge in [-0.15, -0.1) is 0 Å². The van der Waals surface area contributed by atoms with Gasteiger partial charge in [0, 0.05) is 31.4 Å². The van der Waals surface area contributed by atoms with Crippen LogP contribution in [0.25, 0.3) is 0 Å².